The van der Waals surface area contributed by atoms with Gasteiger partial charge in [-0.25, -0.2) is 0 Å². The van der Waals surface area contributed by atoms with Gasteiger partial charge in [0.1, 0.15) is 12.4 Å². The second-order valence-corrected chi connectivity index (χ2v) is 5.22. The monoisotopic (exact) mass is 259 g/mol. The van der Waals surface area contributed by atoms with Crippen molar-refractivity contribution in [2.24, 2.45) is 0 Å². The Kier molecular flexibility index (Phi) is 5.03. The van der Waals surface area contributed by atoms with Crippen LogP contribution in [0.5, 0.6) is 5.75 Å². The van der Waals surface area contributed by atoms with Crippen LogP contribution in [0.2, 0.25) is 0 Å². The summed E-state index contributed by atoms with van der Waals surface area (Å²) < 4.78 is 5.96. The van der Waals surface area contributed by atoms with E-state index in [-0.39, 0.29) is 0 Å². The number of benzene rings is 1. The maximum Gasteiger partial charge on any atom is 0.123 e. The summed E-state index contributed by atoms with van der Waals surface area (Å²) in [5.74, 6) is 1.05. The molecule has 1 N–H and O–H groups in total. The molecule has 0 amide bonds. The zero-order valence-corrected chi connectivity index (χ0v) is 12.2. The SMILES string of the molecule is C=C(CC)COc1cccc2c1CCCC2NCC. The Morgan fingerprint density at radius 3 is 3.00 bits per heavy atom. The molecule has 0 radical (unpaired) electrons. The van der Waals surface area contributed by atoms with Gasteiger partial charge in [-0.05, 0) is 55.0 Å². The molecule has 2 nitrogen and oxygen atoms in total. The van der Waals surface area contributed by atoms with E-state index in [1.807, 2.05) is 0 Å². The van der Waals surface area contributed by atoms with E-state index in [4.69, 9.17) is 4.74 Å². The highest BCUT2D eigenvalue weighted by Crippen LogP contribution is 2.35. The van der Waals surface area contributed by atoms with Crippen LogP contribution in [0.15, 0.2) is 30.4 Å². The lowest BCUT2D eigenvalue weighted by Gasteiger charge is -2.27. The highest BCUT2D eigenvalue weighted by atomic mass is 16.5. The van der Waals surface area contributed by atoms with Gasteiger partial charge in [0.25, 0.3) is 0 Å². The van der Waals surface area contributed by atoms with Crippen molar-refractivity contribution < 1.29 is 4.74 Å². The van der Waals surface area contributed by atoms with Crippen molar-refractivity contribution in [2.75, 3.05) is 13.2 Å². The Bertz CT molecular complexity index is 439. The molecule has 0 aromatic heterocycles. The molecule has 1 aromatic carbocycles. The fraction of sp³-hybridized carbons (Fsp3) is 0.529. The fourth-order valence-electron chi connectivity index (χ4n) is 2.69. The van der Waals surface area contributed by atoms with Crippen LogP contribution >= 0.6 is 0 Å². The molecule has 0 saturated carbocycles. The summed E-state index contributed by atoms with van der Waals surface area (Å²) in [4.78, 5) is 0. The van der Waals surface area contributed by atoms with E-state index in [2.05, 4.69) is 43.9 Å². The lowest BCUT2D eigenvalue weighted by atomic mass is 9.87. The van der Waals surface area contributed by atoms with Crippen LogP contribution in [0, 0.1) is 0 Å². The van der Waals surface area contributed by atoms with Gasteiger partial charge in [0.05, 0.1) is 0 Å². The molecule has 1 atom stereocenters. The molecule has 2 rings (SSSR count). The first-order valence-corrected chi connectivity index (χ1v) is 7.40. The highest BCUT2D eigenvalue weighted by molar-refractivity contribution is 5.43. The zero-order valence-electron chi connectivity index (χ0n) is 12.2. The fourth-order valence-corrected chi connectivity index (χ4v) is 2.69. The highest BCUT2D eigenvalue weighted by Gasteiger charge is 2.21. The Labute approximate surface area is 116 Å². The molecule has 19 heavy (non-hydrogen) atoms. The van der Waals surface area contributed by atoms with Gasteiger partial charge >= 0.3 is 0 Å². The van der Waals surface area contributed by atoms with Crippen molar-refractivity contribution in [1.82, 2.24) is 5.32 Å². The van der Waals surface area contributed by atoms with Gasteiger partial charge in [0.2, 0.25) is 0 Å². The average Bonchev–Trinajstić information content (AvgIpc) is 2.45. The standard InChI is InChI=1S/C17H25NO/c1-4-13(3)12-19-17-11-7-8-14-15(17)9-6-10-16(14)18-5-2/h7-8,11,16,18H,3-6,9-10,12H2,1-2H3. The van der Waals surface area contributed by atoms with Crippen LogP contribution in [0.25, 0.3) is 0 Å². The first-order chi connectivity index (χ1) is 9.26. The molecule has 1 unspecified atom stereocenters. The lowest BCUT2D eigenvalue weighted by molar-refractivity contribution is 0.340. The summed E-state index contributed by atoms with van der Waals surface area (Å²) in [6.45, 7) is 9.95. The number of hydrogen-bond donors (Lipinski definition) is 1. The summed E-state index contributed by atoms with van der Waals surface area (Å²) in [7, 11) is 0. The van der Waals surface area contributed by atoms with Crippen molar-refractivity contribution in [1.29, 1.82) is 0 Å². The quantitative estimate of drug-likeness (QED) is 0.779. The van der Waals surface area contributed by atoms with Gasteiger partial charge in [0.15, 0.2) is 0 Å². The first kappa shape index (κ1) is 14.1. The van der Waals surface area contributed by atoms with E-state index in [1.54, 1.807) is 0 Å². The third-order valence-electron chi connectivity index (χ3n) is 3.85. The van der Waals surface area contributed by atoms with Crippen LogP contribution in [0.3, 0.4) is 0 Å². The van der Waals surface area contributed by atoms with Crippen molar-refractivity contribution in [3.63, 3.8) is 0 Å². The summed E-state index contributed by atoms with van der Waals surface area (Å²) in [5.41, 5.74) is 3.97. The van der Waals surface area contributed by atoms with Gasteiger partial charge in [-0.3, -0.25) is 0 Å². The Morgan fingerprint density at radius 2 is 2.26 bits per heavy atom. The number of hydrogen-bond acceptors (Lipinski definition) is 2. The van der Waals surface area contributed by atoms with E-state index >= 15 is 0 Å². The summed E-state index contributed by atoms with van der Waals surface area (Å²) in [6, 6.07) is 6.93. The predicted octanol–water partition coefficient (Wildman–Crippen LogP) is 4.02. The lowest BCUT2D eigenvalue weighted by Crippen LogP contribution is -2.25. The first-order valence-electron chi connectivity index (χ1n) is 7.40. The molecule has 0 spiro atoms. The van der Waals surface area contributed by atoms with Crippen LogP contribution < -0.4 is 10.1 Å². The third-order valence-corrected chi connectivity index (χ3v) is 3.85. The summed E-state index contributed by atoms with van der Waals surface area (Å²) >= 11 is 0. The average molecular weight is 259 g/mol. The van der Waals surface area contributed by atoms with Crippen LogP contribution in [0.4, 0.5) is 0 Å². The number of ether oxygens (including phenoxy) is 1. The van der Waals surface area contributed by atoms with E-state index in [0.29, 0.717) is 12.6 Å². The van der Waals surface area contributed by atoms with E-state index in [1.165, 1.54) is 24.0 Å². The molecule has 1 aliphatic rings. The van der Waals surface area contributed by atoms with Gasteiger partial charge < -0.3 is 10.1 Å². The molecule has 2 heteroatoms. The molecule has 104 valence electrons. The summed E-state index contributed by atoms with van der Waals surface area (Å²) in [6.07, 6.45) is 4.58. The molecule has 0 fully saturated rings. The van der Waals surface area contributed by atoms with E-state index in [0.717, 1.165) is 30.7 Å². The minimum atomic E-state index is 0.492. The minimum Gasteiger partial charge on any atom is -0.489 e. The van der Waals surface area contributed by atoms with Crippen molar-refractivity contribution >= 4 is 0 Å². The predicted molar refractivity (Wildman–Crippen MR) is 80.7 cm³/mol. The van der Waals surface area contributed by atoms with Gasteiger partial charge in [-0.2, -0.15) is 0 Å². The second kappa shape index (κ2) is 6.76. The number of nitrogens with one attached hydrogen (secondary N) is 1. The number of fused-ring (bicyclic) bond motifs is 1. The Balaban J connectivity index is 2.17. The normalized spacial score (nSPS) is 17.9. The summed E-state index contributed by atoms with van der Waals surface area (Å²) in [5, 5.41) is 3.57. The Hall–Kier alpha value is -1.28. The Morgan fingerprint density at radius 1 is 1.42 bits per heavy atom. The van der Waals surface area contributed by atoms with Crippen molar-refractivity contribution in [3.05, 3.63) is 41.5 Å². The van der Waals surface area contributed by atoms with Crippen molar-refractivity contribution in [3.8, 4) is 5.75 Å². The van der Waals surface area contributed by atoms with E-state index in [9.17, 15) is 0 Å². The van der Waals surface area contributed by atoms with Gasteiger partial charge in [-0.1, -0.05) is 32.6 Å². The minimum absolute atomic E-state index is 0.492. The van der Waals surface area contributed by atoms with Gasteiger partial charge in [0, 0.05) is 6.04 Å². The molecule has 0 aliphatic heterocycles. The smallest absolute Gasteiger partial charge is 0.123 e. The largest absolute Gasteiger partial charge is 0.489 e. The van der Waals surface area contributed by atoms with E-state index < -0.39 is 0 Å². The maximum absolute atomic E-state index is 5.96. The maximum atomic E-state index is 5.96. The molecular formula is C17H25NO. The van der Waals surface area contributed by atoms with Crippen molar-refractivity contribution in [2.45, 2.75) is 45.6 Å². The molecule has 0 heterocycles. The molecule has 0 bridgehead atoms. The third kappa shape index (κ3) is 3.38. The van der Waals surface area contributed by atoms with Crippen LogP contribution in [0.1, 0.15) is 50.3 Å². The van der Waals surface area contributed by atoms with Gasteiger partial charge in [-0.15, -0.1) is 0 Å². The zero-order chi connectivity index (χ0) is 13.7. The molecule has 0 saturated heterocycles. The molecule has 1 aromatic rings. The van der Waals surface area contributed by atoms with Crippen LogP contribution in [-0.4, -0.2) is 13.2 Å². The molecular weight excluding hydrogens is 234 g/mol. The topological polar surface area (TPSA) is 21.3 Å². The second-order valence-electron chi connectivity index (χ2n) is 5.22. The molecule has 1 aliphatic carbocycles. The number of rotatable bonds is 6. The van der Waals surface area contributed by atoms with Crippen LogP contribution in [-0.2, 0) is 6.42 Å².